The van der Waals surface area contributed by atoms with E-state index in [0.29, 0.717) is 0 Å². The summed E-state index contributed by atoms with van der Waals surface area (Å²) in [5.41, 5.74) is 1.41. The maximum Gasteiger partial charge on any atom is 0.0151 e. The second-order valence-corrected chi connectivity index (χ2v) is 5.70. The third-order valence-corrected chi connectivity index (χ3v) is 4.32. The lowest BCUT2D eigenvalue weighted by molar-refractivity contribution is 1.16. The van der Waals surface area contributed by atoms with Crippen molar-refractivity contribution < 1.29 is 0 Å². The minimum atomic E-state index is 1.12. The van der Waals surface area contributed by atoms with Crippen molar-refractivity contribution in [3.63, 3.8) is 0 Å². The average Bonchev–Trinajstić information content (AvgIpc) is 2.49. The van der Waals surface area contributed by atoms with Gasteiger partial charge in [0.2, 0.25) is 0 Å². The third kappa shape index (κ3) is 2.99. The van der Waals surface area contributed by atoms with E-state index in [1.54, 1.807) is 0 Å². The molecule has 0 atom stereocenters. The van der Waals surface area contributed by atoms with Gasteiger partial charge in [-0.15, -0.1) is 11.8 Å². The molecule has 0 nitrogen and oxygen atoms in total. The fourth-order valence-corrected chi connectivity index (χ4v) is 3.32. The van der Waals surface area contributed by atoms with Crippen LogP contribution in [0.1, 0.15) is 5.56 Å². The summed E-state index contributed by atoms with van der Waals surface area (Å²) in [6.45, 7) is 0. The van der Waals surface area contributed by atoms with E-state index < -0.39 is 0 Å². The van der Waals surface area contributed by atoms with E-state index in [-0.39, 0.29) is 0 Å². The van der Waals surface area contributed by atoms with Gasteiger partial charge in [0.05, 0.1) is 0 Å². The van der Waals surface area contributed by atoms with Crippen LogP contribution in [0.5, 0.6) is 0 Å². The number of aryl methyl sites for hydroxylation is 1. The number of hydrogen-bond donors (Lipinski definition) is 0. The Morgan fingerprint density at radius 2 is 1.42 bits per heavy atom. The van der Waals surface area contributed by atoms with Crippen molar-refractivity contribution in [2.24, 2.45) is 0 Å². The maximum atomic E-state index is 2.22. The summed E-state index contributed by atoms with van der Waals surface area (Å²) in [6.07, 6.45) is 1.12. The molecule has 1 heteroatoms. The van der Waals surface area contributed by atoms with Gasteiger partial charge < -0.3 is 0 Å². The van der Waals surface area contributed by atoms with E-state index in [1.807, 2.05) is 11.8 Å². The van der Waals surface area contributed by atoms with Crippen LogP contribution in [0.25, 0.3) is 10.8 Å². The van der Waals surface area contributed by atoms with E-state index in [2.05, 4.69) is 72.8 Å². The first-order valence-corrected chi connectivity index (χ1v) is 7.56. The van der Waals surface area contributed by atoms with Crippen molar-refractivity contribution in [3.8, 4) is 0 Å². The first kappa shape index (κ1) is 12.3. The summed E-state index contributed by atoms with van der Waals surface area (Å²) < 4.78 is 0. The second kappa shape index (κ2) is 5.94. The fraction of sp³-hybridized carbons (Fsp3) is 0.111. The van der Waals surface area contributed by atoms with Crippen LogP contribution in [0.4, 0.5) is 0 Å². The van der Waals surface area contributed by atoms with Gasteiger partial charge in [0.15, 0.2) is 0 Å². The Morgan fingerprint density at radius 1 is 0.684 bits per heavy atom. The van der Waals surface area contributed by atoms with Crippen molar-refractivity contribution in [1.82, 2.24) is 0 Å². The lowest BCUT2D eigenvalue weighted by Crippen LogP contribution is -1.88. The Hall–Kier alpha value is -1.73. The standard InChI is InChI=1S/C18H16S/c1-2-7-15(8-3-1)13-14-19-18-12-6-10-16-9-4-5-11-17(16)18/h1-12H,13-14H2. The Kier molecular flexibility index (Phi) is 3.85. The smallest absolute Gasteiger partial charge is 0.0151 e. The zero-order valence-electron chi connectivity index (χ0n) is 10.8. The van der Waals surface area contributed by atoms with Crippen LogP contribution >= 0.6 is 11.8 Å². The first-order chi connectivity index (χ1) is 9.43. The molecule has 0 aliphatic heterocycles. The van der Waals surface area contributed by atoms with Gasteiger partial charge >= 0.3 is 0 Å². The van der Waals surface area contributed by atoms with Gasteiger partial charge in [-0.05, 0) is 28.8 Å². The highest BCUT2D eigenvalue weighted by molar-refractivity contribution is 7.99. The van der Waals surface area contributed by atoms with Crippen molar-refractivity contribution in [2.75, 3.05) is 5.75 Å². The molecule has 0 aliphatic rings. The molecular weight excluding hydrogens is 248 g/mol. The van der Waals surface area contributed by atoms with Crippen molar-refractivity contribution >= 4 is 22.5 Å². The van der Waals surface area contributed by atoms with Crippen molar-refractivity contribution in [1.29, 1.82) is 0 Å². The molecule has 0 fully saturated rings. The zero-order chi connectivity index (χ0) is 12.9. The zero-order valence-corrected chi connectivity index (χ0v) is 11.6. The largest absolute Gasteiger partial charge is 0.125 e. The number of hydrogen-bond acceptors (Lipinski definition) is 1. The lowest BCUT2D eigenvalue weighted by atomic mass is 10.1. The van der Waals surface area contributed by atoms with Gasteiger partial charge in [-0.1, -0.05) is 66.7 Å². The van der Waals surface area contributed by atoms with Gasteiger partial charge in [-0.25, -0.2) is 0 Å². The van der Waals surface area contributed by atoms with Crippen LogP contribution in [0, 0.1) is 0 Å². The van der Waals surface area contributed by atoms with Crippen LogP contribution in [0.15, 0.2) is 77.7 Å². The molecule has 3 aromatic rings. The number of fused-ring (bicyclic) bond motifs is 1. The summed E-state index contributed by atoms with van der Waals surface area (Å²) in [4.78, 5) is 1.38. The molecule has 3 rings (SSSR count). The first-order valence-electron chi connectivity index (χ1n) is 6.58. The van der Waals surface area contributed by atoms with Gasteiger partial charge in [0, 0.05) is 10.6 Å². The van der Waals surface area contributed by atoms with Gasteiger partial charge in [-0.3, -0.25) is 0 Å². The van der Waals surface area contributed by atoms with E-state index in [0.717, 1.165) is 12.2 Å². The van der Waals surface area contributed by atoms with E-state index in [1.165, 1.54) is 21.2 Å². The summed E-state index contributed by atoms with van der Waals surface area (Å²) in [5, 5.41) is 2.69. The maximum absolute atomic E-state index is 2.22. The molecule has 0 saturated carbocycles. The minimum Gasteiger partial charge on any atom is -0.125 e. The number of rotatable bonds is 4. The molecule has 0 bridgehead atoms. The van der Waals surface area contributed by atoms with E-state index in [9.17, 15) is 0 Å². The highest BCUT2D eigenvalue weighted by Crippen LogP contribution is 2.28. The van der Waals surface area contributed by atoms with Crippen LogP contribution in [-0.2, 0) is 6.42 Å². The van der Waals surface area contributed by atoms with Crippen LogP contribution < -0.4 is 0 Å². The molecule has 3 aromatic carbocycles. The molecule has 0 unspecified atom stereocenters. The molecule has 0 aliphatic carbocycles. The monoisotopic (exact) mass is 264 g/mol. The average molecular weight is 264 g/mol. The molecule has 0 aromatic heterocycles. The molecule has 94 valence electrons. The van der Waals surface area contributed by atoms with Gasteiger partial charge in [-0.2, -0.15) is 0 Å². The van der Waals surface area contributed by atoms with Crippen molar-refractivity contribution in [3.05, 3.63) is 78.4 Å². The highest BCUT2D eigenvalue weighted by Gasteiger charge is 2.01. The topological polar surface area (TPSA) is 0 Å². The highest BCUT2D eigenvalue weighted by atomic mass is 32.2. The van der Waals surface area contributed by atoms with Crippen LogP contribution in [-0.4, -0.2) is 5.75 Å². The van der Waals surface area contributed by atoms with Crippen LogP contribution in [0.2, 0.25) is 0 Å². The predicted octanol–water partition coefficient (Wildman–Crippen LogP) is 5.17. The predicted molar refractivity (Wildman–Crippen MR) is 84.8 cm³/mol. The SMILES string of the molecule is c1ccc(CCSc2cccc3ccccc23)cc1. The molecular formula is C18H16S. The van der Waals surface area contributed by atoms with Gasteiger partial charge in [0.1, 0.15) is 0 Å². The van der Waals surface area contributed by atoms with Gasteiger partial charge in [0.25, 0.3) is 0 Å². The summed E-state index contributed by atoms with van der Waals surface area (Å²) in [5.74, 6) is 1.12. The van der Waals surface area contributed by atoms with E-state index in [4.69, 9.17) is 0 Å². The number of thioether (sulfide) groups is 1. The normalized spacial score (nSPS) is 10.7. The summed E-state index contributed by atoms with van der Waals surface area (Å²) in [7, 11) is 0. The summed E-state index contributed by atoms with van der Waals surface area (Å²) >= 11 is 1.94. The number of benzene rings is 3. The Bertz CT molecular complexity index is 653. The Balaban J connectivity index is 1.72. The molecule has 0 spiro atoms. The Labute approximate surface area is 118 Å². The molecule has 0 saturated heterocycles. The Morgan fingerprint density at radius 3 is 2.32 bits per heavy atom. The summed E-state index contributed by atoms with van der Waals surface area (Å²) in [6, 6.07) is 25.8. The molecule has 0 heterocycles. The van der Waals surface area contributed by atoms with Crippen LogP contribution in [0.3, 0.4) is 0 Å². The molecule has 0 amide bonds. The fourth-order valence-electron chi connectivity index (χ4n) is 2.25. The second-order valence-electron chi connectivity index (χ2n) is 4.56. The minimum absolute atomic E-state index is 1.12. The third-order valence-electron chi connectivity index (χ3n) is 3.24. The lowest BCUT2D eigenvalue weighted by Gasteiger charge is -2.06. The molecule has 0 radical (unpaired) electrons. The van der Waals surface area contributed by atoms with Crippen molar-refractivity contribution in [2.45, 2.75) is 11.3 Å². The van der Waals surface area contributed by atoms with E-state index >= 15 is 0 Å². The molecule has 19 heavy (non-hydrogen) atoms. The quantitative estimate of drug-likeness (QED) is 0.585. The molecule has 0 N–H and O–H groups in total.